The smallest absolute Gasteiger partial charge is 0.330 e. The van der Waals surface area contributed by atoms with Crippen molar-refractivity contribution < 1.29 is 24.4 Å². The fourth-order valence-electron chi connectivity index (χ4n) is 2.38. The van der Waals surface area contributed by atoms with Crippen LogP contribution in [0, 0.1) is 17.0 Å². The summed E-state index contributed by atoms with van der Waals surface area (Å²) < 4.78 is 0. The standard InChI is InChI=1S/C18H17N3O6/c1-11-8-9-13(10-14(11)21(26)27)16(22)20(2)18(25)19-15(17(23)24)12-6-4-3-5-7-12/h3-10,15H,1-2H3,(H,19,25)(H,23,24). The van der Waals surface area contributed by atoms with Crippen LogP contribution in [0.25, 0.3) is 0 Å². The summed E-state index contributed by atoms with van der Waals surface area (Å²) >= 11 is 0. The number of hydrogen-bond donors (Lipinski definition) is 2. The summed E-state index contributed by atoms with van der Waals surface area (Å²) in [7, 11) is 1.16. The second-order valence-corrected chi connectivity index (χ2v) is 5.75. The molecule has 1 atom stereocenters. The van der Waals surface area contributed by atoms with Crippen LogP contribution in [-0.2, 0) is 4.79 Å². The molecule has 0 radical (unpaired) electrons. The first-order valence-electron chi connectivity index (χ1n) is 7.83. The van der Waals surface area contributed by atoms with Gasteiger partial charge in [-0.05, 0) is 18.6 Å². The van der Waals surface area contributed by atoms with Crippen molar-refractivity contribution in [3.63, 3.8) is 0 Å². The second-order valence-electron chi connectivity index (χ2n) is 5.75. The number of urea groups is 1. The number of imide groups is 1. The predicted octanol–water partition coefficient (Wildman–Crippen LogP) is 2.51. The van der Waals surface area contributed by atoms with Crippen LogP contribution in [0.3, 0.4) is 0 Å². The number of carboxylic acid groups (broad SMARTS) is 1. The molecular formula is C18H17N3O6. The van der Waals surface area contributed by atoms with Gasteiger partial charge in [-0.1, -0.05) is 36.4 Å². The van der Waals surface area contributed by atoms with Crippen molar-refractivity contribution >= 4 is 23.6 Å². The molecule has 0 aromatic heterocycles. The quantitative estimate of drug-likeness (QED) is 0.613. The van der Waals surface area contributed by atoms with Crippen molar-refractivity contribution in [1.29, 1.82) is 0 Å². The Balaban J connectivity index is 2.21. The Kier molecular flexibility index (Phi) is 5.86. The third-order valence-electron chi connectivity index (χ3n) is 3.91. The molecule has 0 aliphatic rings. The number of nitro groups is 1. The molecule has 27 heavy (non-hydrogen) atoms. The molecule has 2 N–H and O–H groups in total. The van der Waals surface area contributed by atoms with Gasteiger partial charge in [0.25, 0.3) is 11.6 Å². The molecule has 1 unspecified atom stereocenters. The molecule has 0 saturated carbocycles. The van der Waals surface area contributed by atoms with Gasteiger partial charge in [-0.15, -0.1) is 0 Å². The normalized spacial score (nSPS) is 11.3. The van der Waals surface area contributed by atoms with Crippen LogP contribution in [0.1, 0.15) is 27.5 Å². The maximum absolute atomic E-state index is 12.5. The van der Waals surface area contributed by atoms with Crippen molar-refractivity contribution in [2.75, 3.05) is 7.05 Å². The minimum absolute atomic E-state index is 0.0588. The van der Waals surface area contributed by atoms with Gasteiger partial charge in [0.15, 0.2) is 6.04 Å². The van der Waals surface area contributed by atoms with Crippen LogP contribution >= 0.6 is 0 Å². The van der Waals surface area contributed by atoms with Gasteiger partial charge in [-0.25, -0.2) is 9.59 Å². The van der Waals surface area contributed by atoms with E-state index in [1.54, 1.807) is 18.2 Å². The van der Waals surface area contributed by atoms with Crippen LogP contribution in [0.5, 0.6) is 0 Å². The molecule has 0 spiro atoms. The fourth-order valence-corrected chi connectivity index (χ4v) is 2.38. The molecule has 0 fully saturated rings. The second kappa shape index (κ2) is 8.09. The summed E-state index contributed by atoms with van der Waals surface area (Å²) in [5.41, 5.74) is 0.405. The molecule has 0 aliphatic carbocycles. The number of amides is 3. The lowest BCUT2D eigenvalue weighted by Crippen LogP contribution is -2.44. The highest BCUT2D eigenvalue weighted by molar-refractivity contribution is 6.05. The Hall–Kier alpha value is -3.75. The highest BCUT2D eigenvalue weighted by Gasteiger charge is 2.27. The van der Waals surface area contributed by atoms with E-state index >= 15 is 0 Å². The van der Waals surface area contributed by atoms with E-state index < -0.39 is 28.9 Å². The number of carbonyl (C=O) groups excluding carboxylic acids is 2. The van der Waals surface area contributed by atoms with E-state index in [0.717, 1.165) is 13.1 Å². The van der Waals surface area contributed by atoms with Crippen molar-refractivity contribution in [2.24, 2.45) is 0 Å². The Labute approximate surface area is 154 Å². The minimum Gasteiger partial charge on any atom is -0.479 e. The number of aryl methyl sites for hydroxylation is 1. The van der Waals surface area contributed by atoms with Crippen LogP contribution < -0.4 is 5.32 Å². The molecule has 2 aromatic carbocycles. The SMILES string of the molecule is Cc1ccc(C(=O)N(C)C(=O)NC(C(=O)O)c2ccccc2)cc1[N+](=O)[O-]. The van der Waals surface area contributed by atoms with Gasteiger partial charge >= 0.3 is 12.0 Å². The Morgan fingerprint density at radius 1 is 1.15 bits per heavy atom. The topological polar surface area (TPSA) is 130 Å². The lowest BCUT2D eigenvalue weighted by Gasteiger charge is -2.20. The van der Waals surface area contributed by atoms with Gasteiger partial charge in [0, 0.05) is 24.2 Å². The number of carboxylic acids is 1. The average molecular weight is 371 g/mol. The molecule has 2 aromatic rings. The number of aliphatic carboxylic acids is 1. The van der Waals surface area contributed by atoms with E-state index in [2.05, 4.69) is 5.32 Å². The van der Waals surface area contributed by atoms with Gasteiger partial charge in [0.2, 0.25) is 0 Å². The maximum atomic E-state index is 12.5. The summed E-state index contributed by atoms with van der Waals surface area (Å²) in [5, 5.41) is 22.6. The minimum atomic E-state index is -1.35. The molecule has 140 valence electrons. The Morgan fingerprint density at radius 3 is 2.33 bits per heavy atom. The average Bonchev–Trinajstić information content (AvgIpc) is 2.65. The third kappa shape index (κ3) is 4.46. The molecule has 3 amide bonds. The zero-order valence-corrected chi connectivity index (χ0v) is 14.6. The van der Waals surface area contributed by atoms with Gasteiger partial charge in [-0.2, -0.15) is 0 Å². The Bertz CT molecular complexity index is 897. The van der Waals surface area contributed by atoms with Gasteiger partial charge < -0.3 is 10.4 Å². The Morgan fingerprint density at radius 2 is 1.78 bits per heavy atom. The molecule has 2 rings (SSSR count). The van der Waals surface area contributed by atoms with Crippen LogP contribution in [0.2, 0.25) is 0 Å². The third-order valence-corrected chi connectivity index (χ3v) is 3.91. The van der Waals surface area contributed by atoms with Crippen molar-refractivity contribution in [3.8, 4) is 0 Å². The number of carbonyl (C=O) groups is 3. The largest absolute Gasteiger partial charge is 0.479 e. The lowest BCUT2D eigenvalue weighted by molar-refractivity contribution is -0.385. The summed E-state index contributed by atoms with van der Waals surface area (Å²) in [5.74, 6) is -2.09. The molecule has 9 nitrogen and oxygen atoms in total. The van der Waals surface area contributed by atoms with E-state index in [4.69, 9.17) is 0 Å². The van der Waals surface area contributed by atoms with Crippen molar-refractivity contribution in [2.45, 2.75) is 13.0 Å². The summed E-state index contributed by atoms with van der Waals surface area (Å²) in [6.07, 6.45) is 0. The van der Waals surface area contributed by atoms with Gasteiger partial charge in [0.05, 0.1) is 4.92 Å². The monoisotopic (exact) mass is 371 g/mol. The number of nitro benzene ring substituents is 1. The van der Waals surface area contributed by atoms with Crippen LogP contribution in [-0.4, -0.2) is 39.9 Å². The highest BCUT2D eigenvalue weighted by Crippen LogP contribution is 2.20. The zero-order chi connectivity index (χ0) is 20.1. The predicted molar refractivity (Wildman–Crippen MR) is 95.3 cm³/mol. The van der Waals surface area contributed by atoms with E-state index in [1.807, 2.05) is 0 Å². The number of hydrogen-bond acceptors (Lipinski definition) is 5. The maximum Gasteiger partial charge on any atom is 0.330 e. The number of benzene rings is 2. The summed E-state index contributed by atoms with van der Waals surface area (Å²) in [4.78, 5) is 47.3. The lowest BCUT2D eigenvalue weighted by atomic mass is 10.1. The first-order valence-corrected chi connectivity index (χ1v) is 7.83. The van der Waals surface area contributed by atoms with Gasteiger partial charge in [0.1, 0.15) is 0 Å². The summed E-state index contributed by atoms with van der Waals surface area (Å²) in [6, 6.07) is 9.56. The summed E-state index contributed by atoms with van der Waals surface area (Å²) in [6.45, 7) is 1.53. The molecule has 0 saturated heterocycles. The first-order chi connectivity index (χ1) is 12.7. The van der Waals surface area contributed by atoms with Crippen LogP contribution in [0.4, 0.5) is 10.5 Å². The van der Waals surface area contributed by atoms with E-state index in [1.165, 1.54) is 31.2 Å². The van der Waals surface area contributed by atoms with Crippen molar-refractivity contribution in [3.05, 3.63) is 75.3 Å². The molecule has 0 aliphatic heterocycles. The van der Waals surface area contributed by atoms with E-state index in [0.29, 0.717) is 16.0 Å². The molecule has 0 heterocycles. The molecule has 9 heteroatoms. The number of rotatable bonds is 5. The van der Waals surface area contributed by atoms with E-state index in [9.17, 15) is 29.6 Å². The number of nitrogens with one attached hydrogen (secondary N) is 1. The molecular weight excluding hydrogens is 354 g/mol. The van der Waals surface area contributed by atoms with Gasteiger partial charge in [-0.3, -0.25) is 19.8 Å². The fraction of sp³-hybridized carbons (Fsp3) is 0.167. The van der Waals surface area contributed by atoms with Crippen LogP contribution in [0.15, 0.2) is 48.5 Å². The molecule has 0 bridgehead atoms. The number of nitrogens with zero attached hydrogens (tertiary/aromatic N) is 2. The highest BCUT2D eigenvalue weighted by atomic mass is 16.6. The zero-order valence-electron chi connectivity index (χ0n) is 14.6. The first kappa shape index (κ1) is 19.6. The van der Waals surface area contributed by atoms with Crippen molar-refractivity contribution in [1.82, 2.24) is 10.2 Å². The van der Waals surface area contributed by atoms with E-state index in [-0.39, 0.29) is 11.3 Å².